The molecule has 0 saturated carbocycles. The molecule has 0 bridgehead atoms. The number of hydrogen-bond donors (Lipinski definition) is 2. The Morgan fingerprint density at radius 3 is 2.78 bits per heavy atom. The summed E-state index contributed by atoms with van der Waals surface area (Å²) in [5.41, 5.74) is 0.740. The highest BCUT2D eigenvalue weighted by atomic mass is 16.6. The molecule has 0 amide bonds. The van der Waals surface area contributed by atoms with Gasteiger partial charge >= 0.3 is 5.97 Å². The maximum Gasteiger partial charge on any atom is 0.339 e. The van der Waals surface area contributed by atoms with E-state index in [2.05, 4.69) is 10.3 Å². The lowest BCUT2D eigenvalue weighted by Gasteiger charge is -2.24. The molecular weight excluding hydrogens is 298 g/mol. The molecule has 2 heterocycles. The number of carboxylic acid groups (broad SMARTS) is 1. The van der Waals surface area contributed by atoms with E-state index in [9.17, 15) is 9.90 Å². The highest BCUT2D eigenvalue weighted by Crippen LogP contribution is 2.48. The number of fused-ring (bicyclic) bond motifs is 2. The van der Waals surface area contributed by atoms with Gasteiger partial charge in [-0.2, -0.15) is 5.26 Å². The predicted molar refractivity (Wildman–Crippen MR) is 81.3 cm³/mol. The average molecular weight is 311 g/mol. The van der Waals surface area contributed by atoms with Gasteiger partial charge in [0.25, 0.3) is 5.88 Å². The van der Waals surface area contributed by atoms with Crippen LogP contribution >= 0.6 is 0 Å². The lowest BCUT2D eigenvalue weighted by atomic mass is 10.1. The second kappa shape index (κ2) is 5.50. The van der Waals surface area contributed by atoms with Crippen LogP contribution in [0.4, 0.5) is 5.69 Å². The molecule has 23 heavy (non-hydrogen) atoms. The molecule has 0 unspecified atom stereocenters. The molecule has 0 saturated heterocycles. The van der Waals surface area contributed by atoms with Crippen molar-refractivity contribution in [2.75, 3.05) is 5.32 Å². The Morgan fingerprint density at radius 2 is 2.13 bits per heavy atom. The summed E-state index contributed by atoms with van der Waals surface area (Å²) in [4.78, 5) is 15.4. The van der Waals surface area contributed by atoms with Crippen LogP contribution in [0.25, 0.3) is 0 Å². The zero-order valence-electron chi connectivity index (χ0n) is 12.5. The average Bonchev–Trinajstić information content (AvgIpc) is 2.52. The van der Waals surface area contributed by atoms with Gasteiger partial charge < -0.3 is 19.9 Å². The zero-order chi connectivity index (χ0) is 16.6. The molecule has 0 aliphatic carbocycles. The third kappa shape index (κ3) is 2.62. The van der Waals surface area contributed by atoms with Crippen molar-refractivity contribution in [3.05, 3.63) is 35.5 Å². The highest BCUT2D eigenvalue weighted by molar-refractivity contribution is 5.96. The topological polar surface area (TPSA) is 104 Å². The molecule has 7 heteroatoms. The third-order valence-corrected chi connectivity index (χ3v) is 3.16. The molecule has 0 fully saturated rings. The van der Waals surface area contributed by atoms with Crippen molar-refractivity contribution < 1.29 is 19.4 Å². The van der Waals surface area contributed by atoms with Crippen LogP contribution in [-0.4, -0.2) is 22.1 Å². The van der Waals surface area contributed by atoms with Gasteiger partial charge in [-0.05, 0) is 26.0 Å². The van der Waals surface area contributed by atoms with Crippen LogP contribution in [0, 0.1) is 11.3 Å². The lowest BCUT2D eigenvalue weighted by molar-refractivity contribution is 0.0697. The monoisotopic (exact) mass is 311 g/mol. The van der Waals surface area contributed by atoms with Crippen LogP contribution in [0.15, 0.2) is 24.4 Å². The zero-order valence-corrected chi connectivity index (χ0v) is 12.5. The van der Waals surface area contributed by atoms with E-state index >= 15 is 0 Å². The fourth-order valence-electron chi connectivity index (χ4n) is 2.19. The van der Waals surface area contributed by atoms with Gasteiger partial charge in [0.05, 0.1) is 17.3 Å². The van der Waals surface area contributed by atoms with Gasteiger partial charge in [0.15, 0.2) is 11.5 Å². The van der Waals surface area contributed by atoms with E-state index in [1.165, 1.54) is 6.20 Å². The van der Waals surface area contributed by atoms with Crippen molar-refractivity contribution in [2.45, 2.75) is 19.9 Å². The Morgan fingerprint density at radius 1 is 1.35 bits per heavy atom. The summed E-state index contributed by atoms with van der Waals surface area (Å²) in [7, 11) is 0. The van der Waals surface area contributed by atoms with Crippen molar-refractivity contribution >= 4 is 11.7 Å². The number of carbonyl (C=O) groups is 1. The number of benzene rings is 1. The smallest absolute Gasteiger partial charge is 0.339 e. The summed E-state index contributed by atoms with van der Waals surface area (Å²) in [6.45, 7) is 3.77. The maximum absolute atomic E-state index is 11.4. The quantitative estimate of drug-likeness (QED) is 0.764. The second-order valence-corrected chi connectivity index (χ2v) is 5.26. The van der Waals surface area contributed by atoms with Gasteiger partial charge in [0.1, 0.15) is 5.56 Å². The molecule has 1 aliphatic rings. The summed E-state index contributed by atoms with van der Waals surface area (Å²) >= 11 is 0. The molecule has 116 valence electrons. The van der Waals surface area contributed by atoms with Gasteiger partial charge in [-0.1, -0.05) is 0 Å². The molecule has 1 aromatic heterocycles. The van der Waals surface area contributed by atoms with Crippen molar-refractivity contribution in [2.24, 2.45) is 0 Å². The van der Waals surface area contributed by atoms with E-state index in [0.717, 1.165) is 0 Å². The van der Waals surface area contributed by atoms with E-state index in [-0.39, 0.29) is 23.2 Å². The van der Waals surface area contributed by atoms with E-state index in [4.69, 9.17) is 14.7 Å². The minimum atomic E-state index is -1.11. The van der Waals surface area contributed by atoms with Crippen LogP contribution < -0.4 is 14.8 Å². The van der Waals surface area contributed by atoms with Gasteiger partial charge in [-0.15, -0.1) is 0 Å². The molecule has 2 aromatic rings. The Hall–Kier alpha value is -3.27. The van der Waals surface area contributed by atoms with Crippen LogP contribution in [0.5, 0.6) is 23.1 Å². The Balaban J connectivity index is 2.11. The minimum Gasteiger partial charge on any atom is -0.478 e. The number of hydrogen-bond acceptors (Lipinski definition) is 6. The van der Waals surface area contributed by atoms with Crippen LogP contribution in [0.1, 0.15) is 29.8 Å². The predicted octanol–water partition coefficient (Wildman–Crippen LogP) is 3.37. The first-order valence-electron chi connectivity index (χ1n) is 6.92. The van der Waals surface area contributed by atoms with Gasteiger partial charge in [-0.25, -0.2) is 9.78 Å². The normalized spacial score (nSPS) is 11.6. The number of pyridine rings is 1. The fraction of sp³-hybridized carbons (Fsp3) is 0.188. The van der Waals surface area contributed by atoms with E-state index in [0.29, 0.717) is 22.7 Å². The molecule has 0 radical (unpaired) electrons. The SMILES string of the molecule is CC(C)Nc1c(C(=O)O)cnc2c1Oc1ccc(C#N)cc1O2. The lowest BCUT2D eigenvalue weighted by Crippen LogP contribution is -2.16. The number of aromatic nitrogens is 1. The standard InChI is InChI=1S/C16H13N3O4/c1-8(2)19-13-10(16(20)21)7-18-15-14(13)22-11-4-3-9(6-17)5-12(11)23-15/h3-5,7-8H,1-2H3,(H,18,19)(H,20,21). The van der Waals surface area contributed by atoms with Crippen molar-refractivity contribution in [1.29, 1.82) is 5.26 Å². The summed E-state index contributed by atoms with van der Waals surface area (Å²) in [5.74, 6) is 0.0180. The molecule has 1 aliphatic heterocycles. The number of aromatic carboxylic acids is 1. The van der Waals surface area contributed by atoms with Gasteiger partial charge in [0, 0.05) is 18.3 Å². The highest BCUT2D eigenvalue weighted by Gasteiger charge is 2.28. The number of nitriles is 1. The molecule has 0 atom stereocenters. The third-order valence-electron chi connectivity index (χ3n) is 3.16. The Labute approximate surface area is 132 Å². The van der Waals surface area contributed by atoms with Crippen molar-refractivity contribution in [3.8, 4) is 29.2 Å². The summed E-state index contributed by atoms with van der Waals surface area (Å²) in [5, 5.41) is 21.3. The van der Waals surface area contributed by atoms with E-state index in [1.807, 2.05) is 19.9 Å². The summed E-state index contributed by atoms with van der Waals surface area (Å²) in [6.07, 6.45) is 1.22. The number of rotatable bonds is 3. The largest absolute Gasteiger partial charge is 0.478 e. The van der Waals surface area contributed by atoms with Crippen LogP contribution in [0.3, 0.4) is 0 Å². The van der Waals surface area contributed by atoms with E-state index in [1.54, 1.807) is 18.2 Å². The minimum absolute atomic E-state index is 0.00172. The maximum atomic E-state index is 11.4. The van der Waals surface area contributed by atoms with Crippen molar-refractivity contribution in [1.82, 2.24) is 4.98 Å². The summed E-state index contributed by atoms with van der Waals surface area (Å²) in [6, 6.07) is 6.75. The molecular formula is C16H13N3O4. The van der Waals surface area contributed by atoms with E-state index < -0.39 is 5.97 Å². The van der Waals surface area contributed by atoms with Crippen LogP contribution in [0.2, 0.25) is 0 Å². The first-order chi connectivity index (χ1) is 11.0. The molecule has 0 spiro atoms. The number of nitrogens with zero attached hydrogens (tertiary/aromatic N) is 2. The molecule has 3 rings (SSSR count). The van der Waals surface area contributed by atoms with Gasteiger partial charge in [-0.3, -0.25) is 0 Å². The Kier molecular flexibility index (Phi) is 3.50. The second-order valence-electron chi connectivity index (χ2n) is 5.26. The van der Waals surface area contributed by atoms with Crippen LogP contribution in [-0.2, 0) is 0 Å². The number of nitrogens with one attached hydrogen (secondary N) is 1. The fourth-order valence-corrected chi connectivity index (χ4v) is 2.19. The first-order valence-corrected chi connectivity index (χ1v) is 6.92. The number of ether oxygens (including phenoxy) is 2. The Bertz CT molecular complexity index is 840. The summed E-state index contributed by atoms with van der Waals surface area (Å²) < 4.78 is 11.4. The number of carboxylic acids is 1. The molecule has 7 nitrogen and oxygen atoms in total. The molecule has 1 aromatic carbocycles. The molecule has 2 N–H and O–H groups in total. The van der Waals surface area contributed by atoms with Crippen molar-refractivity contribution in [3.63, 3.8) is 0 Å². The van der Waals surface area contributed by atoms with Gasteiger partial charge in [0.2, 0.25) is 5.75 Å². The number of anilines is 1. The first kappa shape index (κ1) is 14.7.